The summed E-state index contributed by atoms with van der Waals surface area (Å²) < 4.78 is 5.77. The molecule has 0 bridgehead atoms. The summed E-state index contributed by atoms with van der Waals surface area (Å²) in [6, 6.07) is 0. The van der Waals surface area contributed by atoms with Crippen molar-refractivity contribution in [3.05, 3.63) is 30.8 Å². The Labute approximate surface area is 109 Å². The number of nitrogens with zero attached hydrogens (tertiary/aromatic N) is 2. The van der Waals surface area contributed by atoms with E-state index in [0.29, 0.717) is 17.5 Å². The van der Waals surface area contributed by atoms with E-state index in [0.717, 1.165) is 30.9 Å². The summed E-state index contributed by atoms with van der Waals surface area (Å²) in [6.07, 6.45) is 6.60. The highest BCUT2D eigenvalue weighted by Crippen LogP contribution is 2.30. The van der Waals surface area contributed by atoms with Crippen molar-refractivity contribution in [3.63, 3.8) is 0 Å². The van der Waals surface area contributed by atoms with Crippen LogP contribution in [0.1, 0.15) is 57.5 Å². The zero-order chi connectivity index (χ0) is 13.5. The molecule has 98 valence electrons. The lowest BCUT2D eigenvalue weighted by atomic mass is 10.0. The molecule has 3 nitrogen and oxygen atoms in total. The summed E-state index contributed by atoms with van der Waals surface area (Å²) in [5.41, 5.74) is 1.52. The minimum Gasteiger partial charge on any atom is -0.422 e. The summed E-state index contributed by atoms with van der Waals surface area (Å²) in [7, 11) is 0. The van der Waals surface area contributed by atoms with Crippen LogP contribution in [0.4, 0.5) is 5.88 Å². The average Bonchev–Trinajstić information content (AvgIpc) is 2.78. The van der Waals surface area contributed by atoms with Crippen LogP contribution in [-0.4, -0.2) is 10.7 Å². The minimum absolute atomic E-state index is 0.363. The van der Waals surface area contributed by atoms with E-state index >= 15 is 0 Å². The zero-order valence-corrected chi connectivity index (χ0v) is 11.6. The standard InChI is InChI=1S/C15H22N2O/c1-6-10-12(8-3)14-17-13(9-4)15(18-14)16-11(5)7-2/h7,9,12H,2,4,6,8,10H2,1,3,5H3. The number of allylic oxidation sites excluding steroid dienone is 1. The molecule has 1 unspecified atom stereocenters. The second kappa shape index (κ2) is 6.94. The Bertz CT molecular complexity index is 443. The first-order valence-electron chi connectivity index (χ1n) is 6.47. The van der Waals surface area contributed by atoms with E-state index in [-0.39, 0.29) is 0 Å². The number of aromatic nitrogens is 1. The van der Waals surface area contributed by atoms with Crippen LogP contribution in [0.25, 0.3) is 6.08 Å². The molecule has 0 aliphatic heterocycles. The van der Waals surface area contributed by atoms with E-state index < -0.39 is 0 Å². The number of aliphatic imine (C=N–C) groups is 1. The fourth-order valence-electron chi connectivity index (χ4n) is 1.78. The lowest BCUT2D eigenvalue weighted by molar-refractivity contribution is 0.427. The Kier molecular flexibility index (Phi) is 5.56. The van der Waals surface area contributed by atoms with E-state index in [9.17, 15) is 0 Å². The summed E-state index contributed by atoms with van der Waals surface area (Å²) in [4.78, 5) is 8.82. The molecule has 0 spiro atoms. The molecule has 1 atom stereocenters. The minimum atomic E-state index is 0.363. The van der Waals surface area contributed by atoms with Gasteiger partial charge in [0.1, 0.15) is 5.69 Å². The first kappa shape index (κ1) is 14.4. The quantitative estimate of drug-likeness (QED) is 0.642. The smallest absolute Gasteiger partial charge is 0.247 e. The Morgan fingerprint density at radius 1 is 1.44 bits per heavy atom. The molecule has 0 aliphatic rings. The molecule has 0 amide bonds. The van der Waals surface area contributed by atoms with Crippen molar-refractivity contribution in [2.75, 3.05) is 0 Å². The second-order valence-corrected chi connectivity index (χ2v) is 4.30. The van der Waals surface area contributed by atoms with E-state index in [1.807, 2.05) is 6.92 Å². The molecule has 0 radical (unpaired) electrons. The molecular weight excluding hydrogens is 224 g/mol. The fourth-order valence-corrected chi connectivity index (χ4v) is 1.78. The molecule has 0 fully saturated rings. The summed E-state index contributed by atoms with van der Waals surface area (Å²) in [5, 5.41) is 0. The third-order valence-corrected chi connectivity index (χ3v) is 2.90. The van der Waals surface area contributed by atoms with Gasteiger partial charge in [-0.05, 0) is 31.9 Å². The Balaban J connectivity index is 3.10. The predicted octanol–water partition coefficient (Wildman–Crippen LogP) is 4.89. The van der Waals surface area contributed by atoms with Gasteiger partial charge in [0, 0.05) is 11.6 Å². The van der Waals surface area contributed by atoms with Crippen LogP contribution in [0.2, 0.25) is 0 Å². The molecular formula is C15H22N2O. The number of rotatable bonds is 7. The average molecular weight is 246 g/mol. The van der Waals surface area contributed by atoms with E-state index in [1.54, 1.807) is 12.2 Å². The maximum atomic E-state index is 5.77. The van der Waals surface area contributed by atoms with E-state index in [1.165, 1.54) is 0 Å². The highest BCUT2D eigenvalue weighted by atomic mass is 16.4. The lowest BCUT2D eigenvalue weighted by Crippen LogP contribution is -1.96. The van der Waals surface area contributed by atoms with Gasteiger partial charge in [-0.25, -0.2) is 9.98 Å². The van der Waals surface area contributed by atoms with Gasteiger partial charge in [0.2, 0.25) is 11.8 Å². The monoisotopic (exact) mass is 246 g/mol. The molecule has 1 rings (SSSR count). The topological polar surface area (TPSA) is 38.4 Å². The normalized spacial score (nSPS) is 13.4. The van der Waals surface area contributed by atoms with Gasteiger partial charge in [-0.1, -0.05) is 33.4 Å². The maximum Gasteiger partial charge on any atom is 0.247 e. The maximum absolute atomic E-state index is 5.77. The Morgan fingerprint density at radius 3 is 2.67 bits per heavy atom. The summed E-state index contributed by atoms with van der Waals surface area (Å²) in [6.45, 7) is 13.6. The zero-order valence-electron chi connectivity index (χ0n) is 11.6. The summed E-state index contributed by atoms with van der Waals surface area (Å²) in [5.74, 6) is 1.67. The molecule has 1 aromatic rings. The van der Waals surface area contributed by atoms with Gasteiger partial charge in [0.05, 0.1) is 0 Å². The third kappa shape index (κ3) is 3.42. The summed E-state index contributed by atoms with van der Waals surface area (Å²) >= 11 is 0. The molecule has 0 aliphatic carbocycles. The predicted molar refractivity (Wildman–Crippen MR) is 77.5 cm³/mol. The van der Waals surface area contributed by atoms with Crippen molar-refractivity contribution in [1.82, 2.24) is 4.98 Å². The van der Waals surface area contributed by atoms with Gasteiger partial charge in [-0.3, -0.25) is 0 Å². The molecule has 0 aromatic carbocycles. The lowest BCUT2D eigenvalue weighted by Gasteiger charge is -2.07. The number of oxazole rings is 1. The van der Waals surface area contributed by atoms with Crippen LogP contribution in [0.15, 0.2) is 28.6 Å². The Morgan fingerprint density at radius 2 is 2.17 bits per heavy atom. The third-order valence-electron chi connectivity index (χ3n) is 2.90. The van der Waals surface area contributed by atoms with Crippen molar-refractivity contribution in [3.8, 4) is 0 Å². The van der Waals surface area contributed by atoms with E-state index in [4.69, 9.17) is 4.42 Å². The van der Waals surface area contributed by atoms with Crippen LogP contribution in [-0.2, 0) is 0 Å². The largest absolute Gasteiger partial charge is 0.422 e. The van der Waals surface area contributed by atoms with Crippen molar-refractivity contribution in [2.45, 2.75) is 46.0 Å². The van der Waals surface area contributed by atoms with Gasteiger partial charge < -0.3 is 4.42 Å². The number of hydrogen-bond acceptors (Lipinski definition) is 3. The first-order chi connectivity index (χ1) is 8.65. The molecule has 1 aromatic heterocycles. The van der Waals surface area contributed by atoms with Gasteiger partial charge >= 0.3 is 0 Å². The molecule has 0 N–H and O–H groups in total. The van der Waals surface area contributed by atoms with Crippen LogP contribution in [0.5, 0.6) is 0 Å². The first-order valence-corrected chi connectivity index (χ1v) is 6.47. The molecule has 0 saturated carbocycles. The molecule has 0 saturated heterocycles. The van der Waals surface area contributed by atoms with Gasteiger partial charge in [-0.15, -0.1) is 0 Å². The van der Waals surface area contributed by atoms with E-state index in [2.05, 4.69) is 37.0 Å². The molecule has 3 heteroatoms. The molecule has 1 heterocycles. The van der Waals surface area contributed by atoms with Crippen molar-refractivity contribution in [2.24, 2.45) is 4.99 Å². The van der Waals surface area contributed by atoms with Gasteiger partial charge in [-0.2, -0.15) is 0 Å². The van der Waals surface area contributed by atoms with Crippen LogP contribution in [0.3, 0.4) is 0 Å². The van der Waals surface area contributed by atoms with Crippen LogP contribution in [0, 0.1) is 0 Å². The SMILES string of the molecule is C=CC(C)=Nc1oc(C(CC)CCC)nc1C=C. The van der Waals surface area contributed by atoms with Crippen LogP contribution >= 0.6 is 0 Å². The van der Waals surface area contributed by atoms with Crippen molar-refractivity contribution < 1.29 is 4.42 Å². The number of hydrogen-bond donors (Lipinski definition) is 0. The van der Waals surface area contributed by atoms with Crippen LogP contribution < -0.4 is 0 Å². The molecule has 18 heavy (non-hydrogen) atoms. The van der Waals surface area contributed by atoms with Gasteiger partial charge in [0.15, 0.2) is 0 Å². The van der Waals surface area contributed by atoms with Crippen molar-refractivity contribution in [1.29, 1.82) is 0 Å². The highest BCUT2D eigenvalue weighted by molar-refractivity contribution is 5.94. The van der Waals surface area contributed by atoms with Crippen molar-refractivity contribution >= 4 is 17.7 Å². The Hall–Kier alpha value is -1.64. The fraction of sp³-hybridized carbons (Fsp3) is 0.467. The second-order valence-electron chi connectivity index (χ2n) is 4.30. The highest BCUT2D eigenvalue weighted by Gasteiger charge is 2.17. The van der Waals surface area contributed by atoms with Gasteiger partial charge in [0.25, 0.3) is 0 Å².